The maximum Gasteiger partial charge on any atom is 0.271 e. The normalized spacial score (nSPS) is 23.0. The largest absolute Gasteiger partial charge is 0.360 e. The van der Waals surface area contributed by atoms with Gasteiger partial charge in [-0.25, -0.2) is 4.98 Å². The molecule has 220 valence electrons. The van der Waals surface area contributed by atoms with E-state index in [-0.39, 0.29) is 12.2 Å². The van der Waals surface area contributed by atoms with Crippen molar-refractivity contribution in [2.75, 3.05) is 12.9 Å². The molecule has 2 saturated heterocycles. The number of nitrogens with one attached hydrogen (secondary N) is 1. The molecule has 2 fully saturated rings. The molecular formula is C33H31N3O5S2. The second-order valence-electron chi connectivity index (χ2n) is 11.1. The van der Waals surface area contributed by atoms with Gasteiger partial charge in [0.05, 0.1) is 6.61 Å². The van der Waals surface area contributed by atoms with E-state index in [1.165, 1.54) is 11.8 Å². The molecule has 0 unspecified atom stereocenters. The third kappa shape index (κ3) is 5.02. The van der Waals surface area contributed by atoms with E-state index in [0.29, 0.717) is 21.1 Å². The molecule has 0 bridgehead atoms. The van der Waals surface area contributed by atoms with Crippen LogP contribution in [0.4, 0.5) is 0 Å². The summed E-state index contributed by atoms with van der Waals surface area (Å²) >= 11 is 2.49. The predicted molar refractivity (Wildman–Crippen MR) is 166 cm³/mol. The molecule has 2 aliphatic heterocycles. The Labute approximate surface area is 257 Å². The highest BCUT2D eigenvalue weighted by Crippen LogP contribution is 2.48. The fraction of sp³-hybridized carbons (Fsp3) is 0.303. The number of aromatic nitrogens is 3. The van der Waals surface area contributed by atoms with Crippen molar-refractivity contribution < 1.29 is 18.9 Å². The van der Waals surface area contributed by atoms with Crippen molar-refractivity contribution in [1.82, 2.24) is 14.3 Å². The second-order valence-corrected chi connectivity index (χ2v) is 12.6. The molecule has 8 nitrogen and oxygen atoms in total. The summed E-state index contributed by atoms with van der Waals surface area (Å²) in [5.41, 5.74) is 2.99. The highest BCUT2D eigenvalue weighted by Gasteiger charge is 2.57. The summed E-state index contributed by atoms with van der Waals surface area (Å²) in [7, 11) is 0. The monoisotopic (exact) mass is 613 g/mol. The second kappa shape index (κ2) is 11.3. The highest BCUT2D eigenvalue weighted by molar-refractivity contribution is 7.98. The van der Waals surface area contributed by atoms with Gasteiger partial charge in [0.2, 0.25) is 0 Å². The number of fused-ring (bicyclic) bond motifs is 2. The van der Waals surface area contributed by atoms with E-state index in [1.54, 1.807) is 0 Å². The molecule has 0 radical (unpaired) electrons. The molecule has 7 rings (SSSR count). The minimum atomic E-state index is -0.912. The summed E-state index contributed by atoms with van der Waals surface area (Å²) < 4.78 is 31.8. The van der Waals surface area contributed by atoms with Crippen LogP contribution < -0.4 is 5.56 Å². The van der Waals surface area contributed by atoms with E-state index in [2.05, 4.69) is 50.7 Å². The molecule has 5 aromatic rings. The lowest BCUT2D eigenvalue weighted by molar-refractivity contribution is -0.196. The maximum absolute atomic E-state index is 12.7. The lowest BCUT2D eigenvalue weighted by Crippen LogP contribution is -2.39. The maximum atomic E-state index is 12.7. The summed E-state index contributed by atoms with van der Waals surface area (Å²) in [4.78, 5) is 20.2. The number of aromatic amines is 1. The first-order valence-corrected chi connectivity index (χ1v) is 16.1. The quantitative estimate of drug-likeness (QED) is 0.128. The van der Waals surface area contributed by atoms with Crippen molar-refractivity contribution in [2.24, 2.45) is 0 Å². The predicted octanol–water partition coefficient (Wildman–Crippen LogP) is 6.07. The van der Waals surface area contributed by atoms with Crippen LogP contribution in [0.1, 0.15) is 42.3 Å². The first kappa shape index (κ1) is 28.4. The summed E-state index contributed by atoms with van der Waals surface area (Å²) in [6.07, 6.45) is -0.0663. The summed E-state index contributed by atoms with van der Waals surface area (Å²) in [6, 6.07) is 30.7. The van der Waals surface area contributed by atoms with Gasteiger partial charge in [-0.15, -0.1) is 0 Å². The fourth-order valence-corrected chi connectivity index (χ4v) is 7.26. The minimum Gasteiger partial charge on any atom is -0.360 e. The van der Waals surface area contributed by atoms with Gasteiger partial charge in [-0.2, -0.15) is 4.37 Å². The van der Waals surface area contributed by atoms with Gasteiger partial charge < -0.3 is 23.9 Å². The van der Waals surface area contributed by atoms with E-state index in [9.17, 15) is 4.79 Å². The van der Waals surface area contributed by atoms with Crippen molar-refractivity contribution in [1.29, 1.82) is 0 Å². The molecule has 1 N–H and O–H groups in total. The van der Waals surface area contributed by atoms with Crippen LogP contribution in [0, 0.1) is 0 Å². The third-order valence-corrected chi connectivity index (χ3v) is 9.38. The Kier molecular flexibility index (Phi) is 7.45. The summed E-state index contributed by atoms with van der Waals surface area (Å²) in [5.74, 6) is -0.827. The molecule has 4 atom stereocenters. The minimum absolute atomic E-state index is 0.210. The van der Waals surface area contributed by atoms with Crippen LogP contribution >= 0.6 is 23.3 Å². The van der Waals surface area contributed by atoms with Gasteiger partial charge >= 0.3 is 0 Å². The van der Waals surface area contributed by atoms with Crippen molar-refractivity contribution >= 4 is 33.5 Å². The number of hydrogen-bond acceptors (Lipinski definition) is 9. The standard InChI is InChI=1S/C33H31N3O5S2/c1-32(2)40-26-23(39-27(28(26)41-32)24-25-29(43-36-24)30(37)35-31(34-25)42-3)19-38-33(20-13-7-4-8-14-20,21-15-9-5-10-16-21)22-17-11-6-12-18-22/h4-18,23,26-28H,19H2,1-3H3,(H,34,35,37)/t23-,26-,27-,28-/m1/s1. The topological polar surface area (TPSA) is 95.6 Å². The average molecular weight is 614 g/mol. The molecule has 3 aromatic carbocycles. The Bertz CT molecular complexity index is 1680. The van der Waals surface area contributed by atoms with E-state index in [0.717, 1.165) is 28.2 Å². The summed E-state index contributed by atoms with van der Waals surface area (Å²) in [5, 5.41) is 0.524. The van der Waals surface area contributed by atoms with Gasteiger partial charge in [-0.3, -0.25) is 4.79 Å². The Morgan fingerprint density at radius 2 is 1.47 bits per heavy atom. The molecule has 2 aliphatic rings. The van der Waals surface area contributed by atoms with Crippen LogP contribution in [-0.4, -0.2) is 51.3 Å². The van der Waals surface area contributed by atoms with Crippen molar-refractivity contribution in [2.45, 2.75) is 54.8 Å². The number of H-pyrrole nitrogens is 1. The zero-order chi connectivity index (χ0) is 29.6. The highest BCUT2D eigenvalue weighted by atomic mass is 32.2. The smallest absolute Gasteiger partial charge is 0.271 e. The molecule has 0 saturated carbocycles. The Hall–Kier alpha value is -3.38. The van der Waals surface area contributed by atoms with Crippen LogP contribution in [0.15, 0.2) is 101 Å². The number of nitrogens with zero attached hydrogens (tertiary/aromatic N) is 2. The van der Waals surface area contributed by atoms with Crippen LogP contribution in [-0.2, 0) is 24.5 Å². The van der Waals surface area contributed by atoms with Gasteiger partial charge in [-0.05, 0) is 48.3 Å². The molecule has 0 spiro atoms. The van der Waals surface area contributed by atoms with Gasteiger partial charge in [-0.1, -0.05) is 103 Å². The van der Waals surface area contributed by atoms with E-state index < -0.39 is 35.8 Å². The lowest BCUT2D eigenvalue weighted by Gasteiger charge is -2.37. The molecule has 43 heavy (non-hydrogen) atoms. The number of ether oxygens (including phenoxy) is 4. The molecule has 2 aromatic heterocycles. The van der Waals surface area contributed by atoms with Crippen molar-refractivity contribution in [3.05, 3.63) is 124 Å². The van der Waals surface area contributed by atoms with E-state index in [1.807, 2.05) is 74.7 Å². The first-order chi connectivity index (χ1) is 20.9. The Morgan fingerprint density at radius 3 is 2.02 bits per heavy atom. The molecule has 0 amide bonds. The van der Waals surface area contributed by atoms with Crippen LogP contribution in [0.2, 0.25) is 0 Å². The molecule has 10 heteroatoms. The number of hydrogen-bond donors (Lipinski definition) is 1. The number of thioether (sulfide) groups is 1. The number of rotatable bonds is 8. The van der Waals surface area contributed by atoms with Crippen molar-refractivity contribution in [3.63, 3.8) is 0 Å². The van der Waals surface area contributed by atoms with Gasteiger partial charge in [0.25, 0.3) is 5.56 Å². The Morgan fingerprint density at radius 1 is 0.907 bits per heavy atom. The molecular weight excluding hydrogens is 583 g/mol. The van der Waals surface area contributed by atoms with Crippen molar-refractivity contribution in [3.8, 4) is 0 Å². The summed E-state index contributed by atoms with van der Waals surface area (Å²) in [6.45, 7) is 4.01. The van der Waals surface area contributed by atoms with Crippen LogP contribution in [0.3, 0.4) is 0 Å². The van der Waals surface area contributed by atoms with Crippen LogP contribution in [0.5, 0.6) is 0 Å². The van der Waals surface area contributed by atoms with Gasteiger partial charge in [0.15, 0.2) is 10.9 Å². The zero-order valence-corrected chi connectivity index (χ0v) is 25.6. The van der Waals surface area contributed by atoms with Gasteiger partial charge in [0, 0.05) is 0 Å². The SMILES string of the molecule is CSc1nc2c([C@H]3O[C@H](COC(c4ccccc4)(c4ccccc4)c4ccccc4)[C@H]4OC(C)(C)O[C@H]43)nsc2c(=O)[nH]1. The first-order valence-electron chi connectivity index (χ1n) is 14.1. The van der Waals surface area contributed by atoms with Crippen LogP contribution in [0.25, 0.3) is 10.2 Å². The molecule has 4 heterocycles. The fourth-order valence-electron chi connectivity index (χ4n) is 6.13. The number of benzene rings is 3. The average Bonchev–Trinajstić information content (AvgIpc) is 3.70. The lowest BCUT2D eigenvalue weighted by atomic mass is 9.80. The molecule has 0 aliphatic carbocycles. The third-order valence-electron chi connectivity index (χ3n) is 7.95. The van der Waals surface area contributed by atoms with E-state index in [4.69, 9.17) is 18.9 Å². The zero-order valence-electron chi connectivity index (χ0n) is 23.9. The van der Waals surface area contributed by atoms with E-state index >= 15 is 0 Å². The Balaban J connectivity index is 1.29. The van der Waals surface area contributed by atoms with Gasteiger partial charge in [0.1, 0.15) is 45.9 Å².